The molecule has 7 heteroatoms. The molecule has 20 heavy (non-hydrogen) atoms. The molecular formula is C13H23N5O2. The first-order chi connectivity index (χ1) is 9.67. The van der Waals surface area contributed by atoms with E-state index in [1.54, 1.807) is 14.2 Å². The summed E-state index contributed by atoms with van der Waals surface area (Å²) >= 11 is 0. The largest absolute Gasteiger partial charge is 0.467 e. The number of nitrogens with one attached hydrogen (secondary N) is 1. The normalized spacial score (nSPS) is 17.9. The van der Waals surface area contributed by atoms with Crippen LogP contribution in [0.15, 0.2) is 0 Å². The SMILES string of the molecule is CNC(C)C1CCN(c2nc(OC)nc(OC)n2)CC1. The Morgan fingerprint density at radius 1 is 1.10 bits per heavy atom. The molecule has 0 aliphatic carbocycles. The molecular weight excluding hydrogens is 258 g/mol. The van der Waals surface area contributed by atoms with E-state index >= 15 is 0 Å². The maximum absolute atomic E-state index is 5.09. The molecule has 2 rings (SSSR count). The van der Waals surface area contributed by atoms with E-state index in [0.29, 0.717) is 17.9 Å². The van der Waals surface area contributed by atoms with E-state index in [1.807, 2.05) is 7.05 Å². The Kier molecular flexibility index (Phi) is 4.94. The lowest BCUT2D eigenvalue weighted by Crippen LogP contribution is -2.41. The van der Waals surface area contributed by atoms with Crippen LogP contribution in [0.2, 0.25) is 0 Å². The summed E-state index contributed by atoms with van der Waals surface area (Å²) < 4.78 is 10.2. The highest BCUT2D eigenvalue weighted by Gasteiger charge is 2.25. The van der Waals surface area contributed by atoms with Crippen molar-refractivity contribution in [2.75, 3.05) is 39.3 Å². The van der Waals surface area contributed by atoms with E-state index in [4.69, 9.17) is 9.47 Å². The van der Waals surface area contributed by atoms with E-state index in [9.17, 15) is 0 Å². The van der Waals surface area contributed by atoms with E-state index < -0.39 is 0 Å². The molecule has 1 unspecified atom stereocenters. The Labute approximate surface area is 119 Å². The molecule has 0 amide bonds. The average molecular weight is 281 g/mol. The molecule has 1 saturated heterocycles. The summed E-state index contributed by atoms with van der Waals surface area (Å²) in [5.74, 6) is 1.33. The van der Waals surface area contributed by atoms with Gasteiger partial charge in [0.15, 0.2) is 0 Å². The van der Waals surface area contributed by atoms with Crippen LogP contribution in [-0.4, -0.2) is 55.4 Å². The molecule has 0 bridgehead atoms. The first-order valence-electron chi connectivity index (χ1n) is 6.94. The number of anilines is 1. The number of ether oxygens (including phenoxy) is 2. The molecule has 2 heterocycles. The van der Waals surface area contributed by atoms with Crippen molar-refractivity contribution in [2.24, 2.45) is 5.92 Å². The Balaban J connectivity index is 2.06. The molecule has 1 aliphatic heterocycles. The zero-order valence-corrected chi connectivity index (χ0v) is 12.6. The van der Waals surface area contributed by atoms with Gasteiger partial charge in [0.25, 0.3) is 0 Å². The fourth-order valence-electron chi connectivity index (χ4n) is 2.49. The standard InChI is InChI=1S/C13H23N5O2/c1-9(14-2)10-5-7-18(8-6-10)11-15-12(19-3)17-13(16-11)20-4/h9-10,14H,5-8H2,1-4H3. The number of nitrogens with zero attached hydrogens (tertiary/aromatic N) is 4. The maximum atomic E-state index is 5.09. The zero-order valence-electron chi connectivity index (χ0n) is 12.6. The van der Waals surface area contributed by atoms with Crippen LogP contribution in [0.4, 0.5) is 5.95 Å². The highest BCUT2D eigenvalue weighted by molar-refractivity contribution is 5.32. The summed E-state index contributed by atoms with van der Waals surface area (Å²) in [6.45, 7) is 4.11. The molecule has 0 saturated carbocycles. The minimum atomic E-state index is 0.289. The molecule has 0 aromatic carbocycles. The monoisotopic (exact) mass is 281 g/mol. The summed E-state index contributed by atoms with van der Waals surface area (Å²) in [5.41, 5.74) is 0. The molecule has 1 aliphatic rings. The number of hydrogen-bond acceptors (Lipinski definition) is 7. The predicted octanol–water partition coefficient (Wildman–Crippen LogP) is 0.713. The number of piperidine rings is 1. The van der Waals surface area contributed by atoms with Gasteiger partial charge < -0.3 is 19.7 Å². The summed E-state index contributed by atoms with van der Waals surface area (Å²) in [5, 5.41) is 3.33. The average Bonchev–Trinajstić information content (AvgIpc) is 2.53. The first kappa shape index (κ1) is 14.8. The number of hydrogen-bond donors (Lipinski definition) is 1. The minimum Gasteiger partial charge on any atom is -0.467 e. The maximum Gasteiger partial charge on any atom is 0.324 e. The molecule has 112 valence electrons. The second kappa shape index (κ2) is 6.69. The van der Waals surface area contributed by atoms with Gasteiger partial charge in [-0.2, -0.15) is 9.97 Å². The van der Waals surface area contributed by atoms with Crippen molar-refractivity contribution < 1.29 is 9.47 Å². The Morgan fingerprint density at radius 2 is 1.65 bits per heavy atom. The fraction of sp³-hybridized carbons (Fsp3) is 0.769. The van der Waals surface area contributed by atoms with Gasteiger partial charge in [0.05, 0.1) is 14.2 Å². The molecule has 1 atom stereocenters. The molecule has 0 radical (unpaired) electrons. The van der Waals surface area contributed by atoms with Gasteiger partial charge in [-0.25, -0.2) is 0 Å². The van der Waals surface area contributed by atoms with Crippen LogP contribution in [0.3, 0.4) is 0 Å². The van der Waals surface area contributed by atoms with Crippen molar-refractivity contribution >= 4 is 5.95 Å². The van der Waals surface area contributed by atoms with Crippen LogP contribution >= 0.6 is 0 Å². The third kappa shape index (κ3) is 3.27. The van der Waals surface area contributed by atoms with Gasteiger partial charge in [0, 0.05) is 19.1 Å². The number of aromatic nitrogens is 3. The second-order valence-corrected chi connectivity index (χ2v) is 5.01. The molecule has 1 aromatic heterocycles. The van der Waals surface area contributed by atoms with E-state index in [1.165, 1.54) is 0 Å². The first-order valence-corrected chi connectivity index (χ1v) is 6.94. The summed E-state index contributed by atoms with van der Waals surface area (Å²) in [4.78, 5) is 14.8. The van der Waals surface area contributed by atoms with E-state index in [-0.39, 0.29) is 12.0 Å². The second-order valence-electron chi connectivity index (χ2n) is 5.01. The third-order valence-electron chi connectivity index (χ3n) is 3.93. The Hall–Kier alpha value is -1.63. The predicted molar refractivity (Wildman–Crippen MR) is 76.4 cm³/mol. The van der Waals surface area contributed by atoms with Crippen LogP contribution in [-0.2, 0) is 0 Å². The molecule has 1 aromatic rings. The van der Waals surface area contributed by atoms with Crippen LogP contribution in [0.5, 0.6) is 12.0 Å². The van der Waals surface area contributed by atoms with Crippen LogP contribution in [0, 0.1) is 5.92 Å². The smallest absolute Gasteiger partial charge is 0.324 e. The zero-order chi connectivity index (χ0) is 14.5. The molecule has 0 spiro atoms. The van der Waals surface area contributed by atoms with Crippen molar-refractivity contribution in [3.63, 3.8) is 0 Å². The van der Waals surface area contributed by atoms with E-state index in [0.717, 1.165) is 25.9 Å². The van der Waals surface area contributed by atoms with Crippen molar-refractivity contribution in [3.8, 4) is 12.0 Å². The summed E-state index contributed by atoms with van der Waals surface area (Å²) in [6, 6.07) is 1.12. The van der Waals surface area contributed by atoms with Crippen LogP contribution in [0.25, 0.3) is 0 Å². The van der Waals surface area contributed by atoms with Gasteiger partial charge in [-0.15, -0.1) is 4.98 Å². The number of methoxy groups -OCH3 is 2. The Bertz CT molecular complexity index is 413. The van der Waals surface area contributed by atoms with Gasteiger partial charge in [-0.1, -0.05) is 0 Å². The lowest BCUT2D eigenvalue weighted by Gasteiger charge is -2.34. The fourth-order valence-corrected chi connectivity index (χ4v) is 2.49. The molecule has 7 nitrogen and oxygen atoms in total. The topological polar surface area (TPSA) is 72.4 Å². The summed E-state index contributed by atoms with van der Waals surface area (Å²) in [6.07, 6.45) is 2.25. The lowest BCUT2D eigenvalue weighted by molar-refractivity contribution is 0.316. The highest BCUT2D eigenvalue weighted by atomic mass is 16.5. The van der Waals surface area contributed by atoms with Gasteiger partial charge in [0.2, 0.25) is 5.95 Å². The van der Waals surface area contributed by atoms with Crippen molar-refractivity contribution in [1.29, 1.82) is 0 Å². The van der Waals surface area contributed by atoms with Gasteiger partial charge >= 0.3 is 12.0 Å². The van der Waals surface area contributed by atoms with Crippen molar-refractivity contribution in [2.45, 2.75) is 25.8 Å². The lowest BCUT2D eigenvalue weighted by atomic mass is 9.90. The molecule has 1 fully saturated rings. The van der Waals surface area contributed by atoms with Gasteiger partial charge in [-0.05, 0) is 32.7 Å². The third-order valence-corrected chi connectivity index (χ3v) is 3.93. The van der Waals surface area contributed by atoms with Gasteiger partial charge in [0.1, 0.15) is 0 Å². The van der Waals surface area contributed by atoms with Crippen LogP contribution < -0.4 is 19.7 Å². The summed E-state index contributed by atoms with van der Waals surface area (Å²) in [7, 11) is 5.09. The van der Waals surface area contributed by atoms with Crippen molar-refractivity contribution in [1.82, 2.24) is 20.3 Å². The van der Waals surface area contributed by atoms with Crippen LogP contribution in [0.1, 0.15) is 19.8 Å². The minimum absolute atomic E-state index is 0.289. The Morgan fingerprint density at radius 3 is 2.10 bits per heavy atom. The van der Waals surface area contributed by atoms with Gasteiger partial charge in [-0.3, -0.25) is 0 Å². The quantitative estimate of drug-likeness (QED) is 0.852. The number of rotatable bonds is 5. The van der Waals surface area contributed by atoms with Crippen molar-refractivity contribution in [3.05, 3.63) is 0 Å². The van der Waals surface area contributed by atoms with E-state index in [2.05, 4.69) is 32.1 Å². The molecule has 1 N–H and O–H groups in total. The highest BCUT2D eigenvalue weighted by Crippen LogP contribution is 2.24.